The monoisotopic (exact) mass is 560 g/mol. The zero-order valence-corrected chi connectivity index (χ0v) is 21.3. The fraction of sp³-hybridized carbons (Fsp3) is 0.280. The molecule has 0 unspecified atom stereocenters. The highest BCUT2D eigenvalue weighted by molar-refractivity contribution is 7.11. The molecule has 2 atom stereocenters. The van der Waals surface area contributed by atoms with E-state index in [0.29, 0.717) is 39.6 Å². The molecule has 2 aromatic heterocycles. The van der Waals surface area contributed by atoms with Crippen LogP contribution < -0.4 is 0 Å². The molecule has 38 heavy (non-hydrogen) atoms. The van der Waals surface area contributed by atoms with E-state index >= 15 is 0 Å². The van der Waals surface area contributed by atoms with Crippen molar-refractivity contribution in [3.63, 3.8) is 0 Å². The van der Waals surface area contributed by atoms with E-state index in [0.717, 1.165) is 5.70 Å². The molecule has 0 saturated carbocycles. The average Bonchev–Trinajstić information content (AvgIpc) is 3.68. The van der Waals surface area contributed by atoms with Crippen LogP contribution in [0.3, 0.4) is 0 Å². The van der Waals surface area contributed by atoms with Crippen molar-refractivity contribution < 1.29 is 22.7 Å². The van der Waals surface area contributed by atoms with Crippen LogP contribution in [0.2, 0.25) is 5.02 Å². The Morgan fingerprint density at radius 2 is 2.18 bits per heavy atom. The molecule has 2 saturated heterocycles. The number of aromatic nitrogens is 3. The molecule has 1 amide bonds. The van der Waals surface area contributed by atoms with Crippen molar-refractivity contribution >= 4 is 40.4 Å². The summed E-state index contributed by atoms with van der Waals surface area (Å²) < 4.78 is 47.1. The van der Waals surface area contributed by atoms with Gasteiger partial charge in [0.15, 0.2) is 10.8 Å². The van der Waals surface area contributed by atoms with Crippen LogP contribution in [0.25, 0.3) is 5.57 Å². The third-order valence-corrected chi connectivity index (χ3v) is 8.00. The van der Waals surface area contributed by atoms with Gasteiger partial charge >= 0.3 is 12.6 Å². The minimum atomic E-state index is -2.84. The summed E-state index contributed by atoms with van der Waals surface area (Å²) >= 11 is 7.89. The van der Waals surface area contributed by atoms with Gasteiger partial charge in [-0.3, -0.25) is 9.89 Å². The van der Waals surface area contributed by atoms with Gasteiger partial charge < -0.3 is 9.64 Å². The number of hydrogen-bond acceptors (Lipinski definition) is 7. The summed E-state index contributed by atoms with van der Waals surface area (Å²) in [5.41, 5.74) is 1.26. The molecule has 3 aromatic rings. The van der Waals surface area contributed by atoms with E-state index in [1.807, 2.05) is 10.3 Å². The van der Waals surface area contributed by atoms with Gasteiger partial charge in [-0.2, -0.15) is 13.9 Å². The van der Waals surface area contributed by atoms with Crippen LogP contribution in [-0.4, -0.2) is 61.7 Å². The number of nitrogens with zero attached hydrogens (tertiary/aromatic N) is 6. The summed E-state index contributed by atoms with van der Waals surface area (Å²) in [7, 11) is 0. The first-order valence-electron chi connectivity index (χ1n) is 11.6. The van der Waals surface area contributed by atoms with Gasteiger partial charge in [-0.15, -0.1) is 17.9 Å². The quantitative estimate of drug-likeness (QED) is 0.371. The molecule has 0 bridgehead atoms. The highest BCUT2D eigenvalue weighted by atomic mass is 35.5. The van der Waals surface area contributed by atoms with E-state index in [2.05, 4.69) is 16.7 Å². The van der Waals surface area contributed by atoms with Crippen molar-refractivity contribution in [2.24, 2.45) is 4.99 Å². The van der Waals surface area contributed by atoms with Crippen molar-refractivity contribution in [2.45, 2.75) is 24.6 Å². The zero-order chi connectivity index (χ0) is 26.6. The Labute approximate surface area is 224 Å². The molecule has 3 aliphatic heterocycles. The van der Waals surface area contributed by atoms with E-state index in [1.54, 1.807) is 17.2 Å². The predicted octanol–water partition coefficient (Wildman–Crippen LogP) is 5.52. The van der Waals surface area contributed by atoms with Crippen LogP contribution in [0.5, 0.6) is 0 Å². The number of aliphatic imine (C=N–C) groups is 1. The van der Waals surface area contributed by atoms with Crippen molar-refractivity contribution in [2.75, 3.05) is 19.7 Å². The number of fused-ring (bicyclic) bond motifs is 1. The van der Waals surface area contributed by atoms with Gasteiger partial charge in [0.05, 0.1) is 12.2 Å². The molecule has 8 nitrogen and oxygen atoms in total. The normalized spacial score (nSPS) is 22.9. The third-order valence-electron chi connectivity index (χ3n) is 6.90. The highest BCUT2D eigenvalue weighted by Gasteiger charge is 2.56. The number of hydrogen-bond donors (Lipinski definition) is 0. The van der Waals surface area contributed by atoms with Gasteiger partial charge in [0, 0.05) is 52.6 Å². The van der Waals surface area contributed by atoms with Gasteiger partial charge in [0.2, 0.25) is 0 Å². The molecule has 2 fully saturated rings. The van der Waals surface area contributed by atoms with Gasteiger partial charge in [0.25, 0.3) is 0 Å². The largest absolute Gasteiger partial charge is 0.447 e. The summed E-state index contributed by atoms with van der Waals surface area (Å²) in [6.45, 7) is 1.67. The number of carbonyl (C=O) groups excluding carboxylic acids is 1. The Morgan fingerprint density at radius 1 is 1.34 bits per heavy atom. The summed E-state index contributed by atoms with van der Waals surface area (Å²) in [6.07, 6.45) is 4.35. The van der Waals surface area contributed by atoms with Crippen LogP contribution in [0.15, 0.2) is 65.4 Å². The molecule has 1 aromatic carbocycles. The molecule has 1 spiro atoms. The van der Waals surface area contributed by atoms with Crippen LogP contribution in [0.4, 0.5) is 18.0 Å². The first kappa shape index (κ1) is 24.7. The molecule has 0 N–H and O–H groups in total. The van der Waals surface area contributed by atoms with Crippen LogP contribution in [0, 0.1) is 5.82 Å². The second kappa shape index (κ2) is 9.28. The molecule has 0 aliphatic carbocycles. The van der Waals surface area contributed by atoms with Gasteiger partial charge in [-0.05, 0) is 18.2 Å². The lowest BCUT2D eigenvalue weighted by molar-refractivity contribution is 0.0564. The molecule has 3 aliphatic rings. The number of ether oxygens (including phenoxy) is 1. The number of cyclic esters (lactones) is 1. The lowest BCUT2D eigenvalue weighted by atomic mass is 9.90. The number of rotatable bonds is 6. The fourth-order valence-electron chi connectivity index (χ4n) is 5.26. The molecule has 5 heterocycles. The fourth-order valence-corrected chi connectivity index (χ4v) is 6.17. The number of amides is 1. The van der Waals surface area contributed by atoms with Crippen molar-refractivity contribution in [3.8, 4) is 0 Å². The van der Waals surface area contributed by atoms with Gasteiger partial charge in [0.1, 0.15) is 24.0 Å². The maximum absolute atomic E-state index is 14.0. The van der Waals surface area contributed by atoms with Crippen molar-refractivity contribution in [1.82, 2.24) is 24.6 Å². The second-order valence-electron chi connectivity index (χ2n) is 9.12. The smallest absolute Gasteiger partial charge is 0.410 e. The highest BCUT2D eigenvalue weighted by Crippen LogP contribution is 2.50. The predicted molar refractivity (Wildman–Crippen MR) is 136 cm³/mol. The summed E-state index contributed by atoms with van der Waals surface area (Å²) in [5, 5.41) is 6.73. The minimum absolute atomic E-state index is 0.131. The third kappa shape index (κ3) is 3.90. The molecule has 196 valence electrons. The Bertz CT molecular complexity index is 1490. The molecular weight excluding hydrogens is 541 g/mol. The van der Waals surface area contributed by atoms with Gasteiger partial charge in [-0.1, -0.05) is 23.7 Å². The minimum Gasteiger partial charge on any atom is -0.447 e. The van der Waals surface area contributed by atoms with Crippen molar-refractivity contribution in [3.05, 3.63) is 87.5 Å². The average molecular weight is 561 g/mol. The van der Waals surface area contributed by atoms with E-state index in [4.69, 9.17) is 21.3 Å². The molecule has 0 radical (unpaired) electrons. The topological polar surface area (TPSA) is 75.8 Å². The summed E-state index contributed by atoms with van der Waals surface area (Å²) in [4.78, 5) is 25.7. The standard InChI is InChI=1S/C25H20ClF3N6O2S/c1-2-7-34-24(36)37-13-25(34)11-18-19(17-5-8-35(32-17)23(28)29)20(15-4-3-14(27)10-16(15)26)31-21(33(18)12-25)22-30-6-9-38-22/h2-6,8-10,20,23H,1,7,11-13H2/t20-,25-/m0/s1. The van der Waals surface area contributed by atoms with Gasteiger partial charge in [-0.25, -0.2) is 18.9 Å². The molecule has 6 rings (SSSR count). The maximum atomic E-state index is 14.0. The van der Waals surface area contributed by atoms with Crippen LogP contribution in [-0.2, 0) is 4.74 Å². The van der Waals surface area contributed by atoms with Crippen molar-refractivity contribution in [1.29, 1.82) is 0 Å². The van der Waals surface area contributed by atoms with E-state index < -0.39 is 30.0 Å². The number of alkyl halides is 2. The van der Waals surface area contributed by atoms with E-state index in [9.17, 15) is 18.0 Å². The lowest BCUT2D eigenvalue weighted by Crippen LogP contribution is -2.50. The summed E-state index contributed by atoms with van der Waals surface area (Å²) in [5.74, 6) is 0.0187. The number of amidine groups is 1. The lowest BCUT2D eigenvalue weighted by Gasteiger charge is -2.33. The number of thiazole rings is 1. The van der Waals surface area contributed by atoms with E-state index in [1.165, 1.54) is 41.8 Å². The maximum Gasteiger partial charge on any atom is 0.410 e. The Kier molecular flexibility index (Phi) is 6.03. The summed E-state index contributed by atoms with van der Waals surface area (Å²) in [6, 6.07) is 4.69. The first-order chi connectivity index (χ1) is 18.3. The Morgan fingerprint density at radius 3 is 2.87 bits per heavy atom. The zero-order valence-electron chi connectivity index (χ0n) is 19.7. The number of benzene rings is 1. The number of halogens is 4. The molecule has 13 heteroatoms. The number of carbonyl (C=O) groups is 1. The second-order valence-corrected chi connectivity index (χ2v) is 10.4. The van der Waals surface area contributed by atoms with Crippen LogP contribution >= 0.6 is 22.9 Å². The molecular formula is C25H20ClF3N6O2S. The SMILES string of the molecule is C=CCN1C(=O)OC[C@@]12CC1=C(c3ccn(C(F)F)n3)[C@H](c3ccc(F)cc3Cl)N=C(c3nccs3)N1C2. The Balaban J connectivity index is 1.59. The van der Waals surface area contributed by atoms with Crippen LogP contribution in [0.1, 0.15) is 35.3 Å². The first-order valence-corrected chi connectivity index (χ1v) is 12.9. The Hall–Kier alpha value is -3.64. The van der Waals surface area contributed by atoms with E-state index in [-0.39, 0.29) is 23.9 Å².